The number of carbonyl (C=O) groups excluding carboxylic acids is 1. The lowest BCUT2D eigenvalue weighted by atomic mass is 10.2. The Bertz CT molecular complexity index is 799. The summed E-state index contributed by atoms with van der Waals surface area (Å²) in [5, 5.41) is 3.42. The van der Waals surface area contributed by atoms with Gasteiger partial charge < -0.3 is 9.73 Å². The van der Waals surface area contributed by atoms with Crippen LogP contribution in [-0.2, 0) is 4.79 Å². The lowest BCUT2D eigenvalue weighted by Gasteiger charge is -2.07. The number of hydrogen-bond donors (Lipinski definition) is 1. The van der Waals surface area contributed by atoms with E-state index in [1.807, 2.05) is 49.4 Å². The van der Waals surface area contributed by atoms with E-state index in [1.165, 1.54) is 11.8 Å². The van der Waals surface area contributed by atoms with Crippen LogP contribution in [0.15, 0.2) is 52.1 Å². The van der Waals surface area contributed by atoms with Crippen LogP contribution in [0.2, 0.25) is 0 Å². The third-order valence-electron chi connectivity index (χ3n) is 3.06. The van der Waals surface area contributed by atoms with Crippen LogP contribution in [0.25, 0.3) is 11.1 Å². The standard InChI is InChI=1S/C16H13IN2O2S/c1-10-8-11(17)6-7-12(10)18-15(20)9-22-16-19-13-4-2-3-5-14(13)21-16/h2-8H,9H2,1H3,(H,18,20). The Morgan fingerprint density at radius 1 is 1.32 bits per heavy atom. The molecule has 2 aromatic carbocycles. The molecule has 0 spiro atoms. The van der Waals surface area contributed by atoms with E-state index in [0.29, 0.717) is 5.22 Å². The molecule has 0 aliphatic rings. The molecular weight excluding hydrogens is 411 g/mol. The maximum atomic E-state index is 12.0. The van der Waals surface area contributed by atoms with E-state index >= 15 is 0 Å². The molecule has 0 radical (unpaired) electrons. The monoisotopic (exact) mass is 424 g/mol. The normalized spacial score (nSPS) is 10.8. The average Bonchev–Trinajstić information content (AvgIpc) is 2.91. The Morgan fingerprint density at radius 2 is 2.14 bits per heavy atom. The smallest absolute Gasteiger partial charge is 0.257 e. The van der Waals surface area contributed by atoms with Gasteiger partial charge in [-0.25, -0.2) is 4.98 Å². The van der Waals surface area contributed by atoms with Crippen LogP contribution < -0.4 is 5.32 Å². The van der Waals surface area contributed by atoms with Crippen LogP contribution in [0.3, 0.4) is 0 Å². The zero-order valence-electron chi connectivity index (χ0n) is 11.8. The van der Waals surface area contributed by atoms with E-state index in [9.17, 15) is 4.79 Å². The number of hydrogen-bond acceptors (Lipinski definition) is 4. The summed E-state index contributed by atoms with van der Waals surface area (Å²) in [5.74, 6) is 0.190. The summed E-state index contributed by atoms with van der Waals surface area (Å²) in [6, 6.07) is 13.5. The molecule has 3 aromatic rings. The Balaban J connectivity index is 1.62. The molecule has 0 saturated heterocycles. The molecule has 112 valence electrons. The van der Waals surface area contributed by atoms with Crippen molar-refractivity contribution in [2.45, 2.75) is 12.1 Å². The molecule has 3 rings (SSSR count). The fraction of sp³-hybridized carbons (Fsp3) is 0.125. The van der Waals surface area contributed by atoms with Crippen LogP contribution in [0.4, 0.5) is 5.69 Å². The SMILES string of the molecule is Cc1cc(I)ccc1NC(=O)CSc1nc2ccccc2o1. The third kappa shape index (κ3) is 3.61. The van der Waals surface area contributed by atoms with Gasteiger partial charge in [0.2, 0.25) is 5.91 Å². The first-order valence-electron chi connectivity index (χ1n) is 6.66. The summed E-state index contributed by atoms with van der Waals surface area (Å²) in [5.41, 5.74) is 3.42. The minimum atomic E-state index is -0.0726. The van der Waals surface area contributed by atoms with Crippen molar-refractivity contribution in [1.29, 1.82) is 0 Å². The number of amides is 1. The van der Waals surface area contributed by atoms with E-state index in [4.69, 9.17) is 4.42 Å². The Morgan fingerprint density at radius 3 is 2.91 bits per heavy atom. The summed E-state index contributed by atoms with van der Waals surface area (Å²) in [7, 11) is 0. The van der Waals surface area contributed by atoms with Gasteiger partial charge in [0, 0.05) is 9.26 Å². The summed E-state index contributed by atoms with van der Waals surface area (Å²) in [4.78, 5) is 16.4. The van der Waals surface area contributed by atoms with Crippen molar-refractivity contribution in [3.63, 3.8) is 0 Å². The van der Waals surface area contributed by atoms with Crippen LogP contribution in [0.1, 0.15) is 5.56 Å². The van der Waals surface area contributed by atoms with Crippen LogP contribution >= 0.6 is 34.4 Å². The van der Waals surface area contributed by atoms with Crippen molar-refractivity contribution in [3.05, 3.63) is 51.6 Å². The predicted octanol–water partition coefficient (Wildman–Crippen LogP) is 4.47. The molecule has 6 heteroatoms. The molecule has 1 amide bonds. The molecule has 0 fully saturated rings. The highest BCUT2D eigenvalue weighted by atomic mass is 127. The zero-order chi connectivity index (χ0) is 15.5. The van der Waals surface area contributed by atoms with Crippen molar-refractivity contribution in [2.24, 2.45) is 0 Å². The number of oxazole rings is 1. The first-order valence-corrected chi connectivity index (χ1v) is 8.72. The second-order valence-corrected chi connectivity index (χ2v) is 6.92. The van der Waals surface area contributed by atoms with Crippen LogP contribution in [0.5, 0.6) is 0 Å². The fourth-order valence-electron chi connectivity index (χ4n) is 1.99. The van der Waals surface area contributed by atoms with E-state index in [0.717, 1.165) is 25.9 Å². The summed E-state index contributed by atoms with van der Waals surface area (Å²) in [6.45, 7) is 1.98. The highest BCUT2D eigenvalue weighted by molar-refractivity contribution is 14.1. The van der Waals surface area contributed by atoms with Crippen molar-refractivity contribution >= 4 is 57.0 Å². The first kappa shape index (κ1) is 15.4. The van der Waals surface area contributed by atoms with Gasteiger partial charge in [-0.3, -0.25) is 4.79 Å². The van der Waals surface area contributed by atoms with E-state index in [2.05, 4.69) is 32.9 Å². The summed E-state index contributed by atoms with van der Waals surface area (Å²) >= 11 is 3.54. The van der Waals surface area contributed by atoms with Gasteiger partial charge in [-0.2, -0.15) is 0 Å². The van der Waals surface area contributed by atoms with Gasteiger partial charge in [-0.05, 0) is 65.4 Å². The number of aromatic nitrogens is 1. The number of benzene rings is 2. The molecule has 0 atom stereocenters. The average molecular weight is 424 g/mol. The molecular formula is C16H13IN2O2S. The molecule has 22 heavy (non-hydrogen) atoms. The number of anilines is 1. The maximum absolute atomic E-state index is 12.0. The van der Waals surface area contributed by atoms with Gasteiger partial charge in [-0.15, -0.1) is 0 Å². The maximum Gasteiger partial charge on any atom is 0.257 e. The topological polar surface area (TPSA) is 55.1 Å². The summed E-state index contributed by atoms with van der Waals surface area (Å²) in [6.07, 6.45) is 0. The molecule has 0 bridgehead atoms. The number of rotatable bonds is 4. The fourth-order valence-corrected chi connectivity index (χ4v) is 3.28. The molecule has 0 aliphatic carbocycles. The minimum absolute atomic E-state index is 0.0726. The number of aryl methyl sites for hydroxylation is 1. The number of nitrogens with one attached hydrogen (secondary N) is 1. The van der Waals surface area contributed by atoms with E-state index in [-0.39, 0.29) is 11.7 Å². The third-order valence-corrected chi connectivity index (χ3v) is 4.56. The lowest BCUT2D eigenvalue weighted by Crippen LogP contribution is -2.14. The van der Waals surface area contributed by atoms with Gasteiger partial charge in [0.05, 0.1) is 5.75 Å². The lowest BCUT2D eigenvalue weighted by molar-refractivity contribution is -0.113. The number of nitrogens with zero attached hydrogens (tertiary/aromatic N) is 1. The summed E-state index contributed by atoms with van der Waals surface area (Å²) < 4.78 is 6.73. The highest BCUT2D eigenvalue weighted by Gasteiger charge is 2.10. The quantitative estimate of drug-likeness (QED) is 0.496. The van der Waals surface area contributed by atoms with Gasteiger partial charge in [0.15, 0.2) is 5.58 Å². The van der Waals surface area contributed by atoms with E-state index in [1.54, 1.807) is 0 Å². The molecule has 0 saturated carbocycles. The molecule has 1 aromatic heterocycles. The number of para-hydroxylation sites is 2. The number of carbonyl (C=O) groups is 1. The molecule has 0 aliphatic heterocycles. The largest absolute Gasteiger partial charge is 0.431 e. The van der Waals surface area contributed by atoms with Crippen LogP contribution in [0, 0.1) is 10.5 Å². The molecule has 1 N–H and O–H groups in total. The van der Waals surface area contributed by atoms with Gasteiger partial charge in [0.1, 0.15) is 5.52 Å². The number of fused-ring (bicyclic) bond motifs is 1. The van der Waals surface area contributed by atoms with Gasteiger partial charge in [0.25, 0.3) is 5.22 Å². The van der Waals surface area contributed by atoms with E-state index < -0.39 is 0 Å². The Hall–Kier alpha value is -1.54. The second-order valence-electron chi connectivity index (χ2n) is 4.74. The molecule has 4 nitrogen and oxygen atoms in total. The van der Waals surface area contributed by atoms with Crippen molar-refractivity contribution in [2.75, 3.05) is 11.1 Å². The number of halogens is 1. The van der Waals surface area contributed by atoms with Crippen molar-refractivity contribution in [3.8, 4) is 0 Å². The predicted molar refractivity (Wildman–Crippen MR) is 97.3 cm³/mol. The first-order chi connectivity index (χ1) is 10.6. The number of thioether (sulfide) groups is 1. The molecule has 1 heterocycles. The highest BCUT2D eigenvalue weighted by Crippen LogP contribution is 2.23. The van der Waals surface area contributed by atoms with Crippen molar-refractivity contribution in [1.82, 2.24) is 4.98 Å². The minimum Gasteiger partial charge on any atom is -0.431 e. The van der Waals surface area contributed by atoms with Crippen LogP contribution in [-0.4, -0.2) is 16.6 Å². The van der Waals surface area contributed by atoms with Gasteiger partial charge >= 0.3 is 0 Å². The Kier molecular flexibility index (Phi) is 4.68. The zero-order valence-corrected chi connectivity index (χ0v) is 14.8. The van der Waals surface area contributed by atoms with Gasteiger partial charge in [-0.1, -0.05) is 23.9 Å². The molecule has 0 unspecified atom stereocenters. The Labute approximate surface area is 145 Å². The second kappa shape index (κ2) is 6.70. The van der Waals surface area contributed by atoms with Crippen molar-refractivity contribution < 1.29 is 9.21 Å².